The Hall–Kier alpha value is -3.24. The van der Waals surface area contributed by atoms with Crippen LogP contribution in [0, 0.1) is 18.3 Å². The number of nitriles is 1. The molecule has 1 saturated carbocycles. The van der Waals surface area contributed by atoms with Gasteiger partial charge in [-0.25, -0.2) is 9.97 Å². The number of rotatable bonds is 4. The van der Waals surface area contributed by atoms with Crippen LogP contribution >= 0.6 is 0 Å². The predicted molar refractivity (Wildman–Crippen MR) is 121 cm³/mol. The van der Waals surface area contributed by atoms with Gasteiger partial charge in [0, 0.05) is 37.8 Å². The Morgan fingerprint density at radius 2 is 2.06 bits per heavy atom. The summed E-state index contributed by atoms with van der Waals surface area (Å²) in [5, 5.41) is 9.60. The third-order valence-electron chi connectivity index (χ3n) is 6.37. The summed E-state index contributed by atoms with van der Waals surface area (Å²) in [7, 11) is 2.25. The van der Waals surface area contributed by atoms with Crippen LogP contribution in [0.15, 0.2) is 36.8 Å². The fourth-order valence-electron chi connectivity index (χ4n) is 4.32. The average Bonchev–Trinajstić information content (AvgIpc) is 3.45. The molecule has 0 radical (unpaired) electrons. The molecule has 2 aliphatic rings. The van der Waals surface area contributed by atoms with Crippen molar-refractivity contribution in [1.82, 2.24) is 19.9 Å². The molecule has 0 atom stereocenters. The van der Waals surface area contributed by atoms with Gasteiger partial charge in [0.05, 0.1) is 17.9 Å². The van der Waals surface area contributed by atoms with Crippen molar-refractivity contribution in [2.45, 2.75) is 38.1 Å². The quantitative estimate of drug-likeness (QED) is 0.658. The van der Waals surface area contributed by atoms with Crippen LogP contribution in [0.3, 0.4) is 0 Å². The van der Waals surface area contributed by atoms with E-state index in [0.717, 1.165) is 48.5 Å². The molecule has 0 amide bonds. The van der Waals surface area contributed by atoms with E-state index >= 15 is 0 Å². The highest BCUT2D eigenvalue weighted by Gasteiger charge is 2.49. The number of aromatic amines is 1. The predicted octanol–water partition coefficient (Wildman–Crippen LogP) is 3.04. The molecule has 5 rings (SSSR count). The Bertz CT molecular complexity index is 1110. The van der Waals surface area contributed by atoms with Crippen LogP contribution < -0.4 is 4.90 Å². The summed E-state index contributed by atoms with van der Waals surface area (Å²) in [6.45, 7) is 5.39. The normalized spacial score (nSPS) is 17.1. The molecular weight excluding hydrogens is 388 g/mol. The Labute approximate surface area is 182 Å². The van der Waals surface area contributed by atoms with Crippen molar-refractivity contribution in [2.75, 3.05) is 31.6 Å². The minimum absolute atomic E-state index is 0.409. The molecule has 1 aromatic carbocycles. The van der Waals surface area contributed by atoms with Crippen LogP contribution in [0.5, 0.6) is 0 Å². The van der Waals surface area contributed by atoms with E-state index in [2.05, 4.69) is 44.8 Å². The third kappa shape index (κ3) is 4.44. The van der Waals surface area contributed by atoms with Crippen molar-refractivity contribution in [2.24, 2.45) is 0 Å². The SMILES string of the molecule is Cc1c[nH]c2ncnc(N3CCN(C)C4(CC4)C3)c12.N#CCc1cccc(CC=O)c1. The summed E-state index contributed by atoms with van der Waals surface area (Å²) in [6.07, 6.45) is 8.04. The smallest absolute Gasteiger partial charge is 0.143 e. The van der Waals surface area contributed by atoms with Gasteiger partial charge in [-0.3, -0.25) is 4.90 Å². The third-order valence-corrected chi connectivity index (χ3v) is 6.37. The molecule has 3 aromatic rings. The molecule has 7 heteroatoms. The molecule has 2 aromatic heterocycles. The average molecular weight is 417 g/mol. The summed E-state index contributed by atoms with van der Waals surface area (Å²) in [5.74, 6) is 1.10. The van der Waals surface area contributed by atoms with E-state index < -0.39 is 0 Å². The van der Waals surface area contributed by atoms with E-state index in [-0.39, 0.29) is 0 Å². The molecule has 1 aliphatic heterocycles. The molecule has 31 heavy (non-hydrogen) atoms. The number of hydrogen-bond donors (Lipinski definition) is 1. The number of piperazine rings is 1. The topological polar surface area (TPSA) is 88.9 Å². The van der Waals surface area contributed by atoms with Crippen LogP contribution in [0.4, 0.5) is 5.82 Å². The van der Waals surface area contributed by atoms with Crippen molar-refractivity contribution >= 4 is 23.1 Å². The highest BCUT2D eigenvalue weighted by molar-refractivity contribution is 5.90. The van der Waals surface area contributed by atoms with Crippen molar-refractivity contribution < 1.29 is 4.79 Å². The molecule has 1 aliphatic carbocycles. The standard InChI is InChI=1S/C14H19N5.C10H9NO/c1-10-7-15-12-11(10)13(17-9-16-12)19-6-5-18(2)14(8-19)3-4-14;11-6-4-9-2-1-3-10(8-9)5-7-12/h7,9H,3-6,8H2,1-2H3,(H,15,16,17);1-3,7-8H,4-5H2. The molecular formula is C24H28N6O. The lowest BCUT2D eigenvalue weighted by molar-refractivity contribution is -0.107. The van der Waals surface area contributed by atoms with Crippen LogP contribution in [0.1, 0.15) is 29.5 Å². The number of hydrogen-bond acceptors (Lipinski definition) is 6. The summed E-state index contributed by atoms with van der Waals surface area (Å²) in [4.78, 5) is 27.2. The molecule has 0 unspecified atom stereocenters. The van der Waals surface area contributed by atoms with Gasteiger partial charge in [-0.2, -0.15) is 5.26 Å². The monoisotopic (exact) mass is 416 g/mol. The number of aromatic nitrogens is 3. The van der Waals surface area contributed by atoms with E-state index in [1.165, 1.54) is 23.8 Å². The number of nitrogens with zero attached hydrogens (tertiary/aromatic N) is 5. The first-order valence-corrected chi connectivity index (χ1v) is 10.7. The summed E-state index contributed by atoms with van der Waals surface area (Å²) in [6, 6.07) is 9.59. The van der Waals surface area contributed by atoms with Crippen molar-refractivity contribution in [3.05, 3.63) is 53.5 Å². The summed E-state index contributed by atoms with van der Waals surface area (Å²) in [5.41, 5.74) is 4.54. The molecule has 2 fully saturated rings. The van der Waals surface area contributed by atoms with E-state index in [1.54, 1.807) is 6.33 Å². The van der Waals surface area contributed by atoms with Gasteiger partial charge in [0.2, 0.25) is 0 Å². The maximum atomic E-state index is 10.2. The highest BCUT2D eigenvalue weighted by Crippen LogP contribution is 2.44. The lowest BCUT2D eigenvalue weighted by Crippen LogP contribution is -2.53. The Balaban J connectivity index is 0.000000168. The van der Waals surface area contributed by atoms with E-state index in [1.807, 2.05) is 30.5 Å². The fraction of sp³-hybridized carbons (Fsp3) is 0.417. The van der Waals surface area contributed by atoms with E-state index in [4.69, 9.17) is 5.26 Å². The van der Waals surface area contributed by atoms with Gasteiger partial charge in [-0.15, -0.1) is 0 Å². The number of aryl methyl sites for hydroxylation is 1. The number of aldehydes is 1. The second-order valence-corrected chi connectivity index (χ2v) is 8.49. The molecule has 3 heterocycles. The number of fused-ring (bicyclic) bond motifs is 1. The zero-order chi connectivity index (χ0) is 21.8. The van der Waals surface area contributed by atoms with Crippen molar-refractivity contribution in [3.63, 3.8) is 0 Å². The summed E-state index contributed by atoms with van der Waals surface area (Å²) >= 11 is 0. The minimum Gasteiger partial charge on any atom is -0.353 e. The van der Waals surface area contributed by atoms with Gasteiger partial charge < -0.3 is 14.7 Å². The lowest BCUT2D eigenvalue weighted by Gasteiger charge is -2.40. The molecule has 1 spiro atoms. The van der Waals surface area contributed by atoms with Gasteiger partial charge >= 0.3 is 0 Å². The zero-order valence-electron chi connectivity index (χ0n) is 18.1. The molecule has 7 nitrogen and oxygen atoms in total. The first-order valence-electron chi connectivity index (χ1n) is 10.7. The lowest BCUT2D eigenvalue weighted by atomic mass is 10.1. The van der Waals surface area contributed by atoms with Gasteiger partial charge in [-0.1, -0.05) is 24.3 Å². The van der Waals surface area contributed by atoms with Crippen molar-refractivity contribution in [3.8, 4) is 6.07 Å². The van der Waals surface area contributed by atoms with E-state index in [0.29, 0.717) is 18.4 Å². The Morgan fingerprint density at radius 1 is 1.26 bits per heavy atom. The largest absolute Gasteiger partial charge is 0.353 e. The highest BCUT2D eigenvalue weighted by atomic mass is 16.1. The number of H-pyrrole nitrogens is 1. The second kappa shape index (κ2) is 8.86. The Kier molecular flexibility index (Phi) is 6.01. The fourth-order valence-corrected chi connectivity index (χ4v) is 4.32. The minimum atomic E-state index is 0.409. The van der Waals surface area contributed by atoms with Gasteiger partial charge in [0.25, 0.3) is 0 Å². The second-order valence-electron chi connectivity index (χ2n) is 8.49. The molecule has 1 N–H and O–H groups in total. The Morgan fingerprint density at radius 3 is 2.81 bits per heavy atom. The maximum absolute atomic E-state index is 10.2. The van der Waals surface area contributed by atoms with Crippen LogP contribution in [-0.4, -0.2) is 58.4 Å². The number of nitrogens with one attached hydrogen (secondary N) is 1. The molecule has 1 saturated heterocycles. The number of carbonyl (C=O) groups is 1. The summed E-state index contributed by atoms with van der Waals surface area (Å²) < 4.78 is 0. The van der Waals surface area contributed by atoms with Crippen LogP contribution in [0.25, 0.3) is 11.0 Å². The molecule has 0 bridgehead atoms. The van der Waals surface area contributed by atoms with Crippen molar-refractivity contribution in [1.29, 1.82) is 5.26 Å². The van der Waals surface area contributed by atoms with Gasteiger partial charge in [-0.05, 0) is 43.5 Å². The first kappa shape index (κ1) is 21.0. The van der Waals surface area contributed by atoms with Crippen LogP contribution in [-0.2, 0) is 17.6 Å². The zero-order valence-corrected chi connectivity index (χ0v) is 18.1. The number of anilines is 1. The van der Waals surface area contributed by atoms with Gasteiger partial charge in [0.1, 0.15) is 24.1 Å². The molecule has 160 valence electrons. The van der Waals surface area contributed by atoms with Crippen LogP contribution in [0.2, 0.25) is 0 Å². The van der Waals surface area contributed by atoms with E-state index in [9.17, 15) is 4.79 Å². The maximum Gasteiger partial charge on any atom is 0.143 e. The number of carbonyl (C=O) groups excluding carboxylic acids is 1. The first-order chi connectivity index (χ1) is 15.1. The number of likely N-dealkylation sites (N-methyl/N-ethyl adjacent to an activating group) is 1. The number of benzene rings is 1. The van der Waals surface area contributed by atoms with Gasteiger partial charge in [0.15, 0.2) is 0 Å².